The first-order valence-electron chi connectivity index (χ1n) is 3.99. The Kier molecular flexibility index (Phi) is 2.81. The number of Topliss-reactive ketones (excluding diaryl/α,β-unsaturated/α-hetero) is 2. The number of imidazole rings is 1. The van der Waals surface area contributed by atoms with Crippen LogP contribution in [0.25, 0.3) is 0 Å². The van der Waals surface area contributed by atoms with E-state index in [1.807, 2.05) is 0 Å². The molecule has 5 heteroatoms. The van der Waals surface area contributed by atoms with Crippen LogP contribution in [-0.2, 0) is 16.1 Å². The molecule has 0 radical (unpaired) electrons. The minimum atomic E-state index is -0.641. The van der Waals surface area contributed by atoms with Gasteiger partial charge >= 0.3 is 5.69 Å². The summed E-state index contributed by atoms with van der Waals surface area (Å²) in [5, 5.41) is 0. The molecule has 0 bridgehead atoms. The Morgan fingerprint density at radius 1 is 1.57 bits per heavy atom. The Balaban J connectivity index is 2.77. The molecule has 14 heavy (non-hydrogen) atoms. The molecule has 1 N–H and O–H groups in total. The van der Waals surface area contributed by atoms with Gasteiger partial charge in [-0.1, -0.05) is 6.58 Å². The average Bonchev–Trinajstić information content (AvgIpc) is 2.50. The zero-order valence-electron chi connectivity index (χ0n) is 7.74. The molecule has 0 aliphatic heterocycles. The molecule has 0 saturated heterocycles. The van der Waals surface area contributed by atoms with E-state index in [4.69, 9.17) is 0 Å². The van der Waals surface area contributed by atoms with Crippen molar-refractivity contribution in [1.82, 2.24) is 9.55 Å². The van der Waals surface area contributed by atoms with E-state index in [0.29, 0.717) is 0 Å². The fourth-order valence-corrected chi connectivity index (χ4v) is 0.938. The van der Waals surface area contributed by atoms with Gasteiger partial charge in [0, 0.05) is 12.4 Å². The molecule has 74 valence electrons. The highest BCUT2D eigenvalue weighted by molar-refractivity contribution is 6.43. The predicted molar refractivity (Wildman–Crippen MR) is 49.9 cm³/mol. The molecule has 5 nitrogen and oxygen atoms in total. The van der Waals surface area contributed by atoms with Gasteiger partial charge in [-0.25, -0.2) is 4.79 Å². The first-order chi connectivity index (χ1) is 6.52. The first kappa shape index (κ1) is 10.2. The second-order valence-corrected chi connectivity index (χ2v) is 2.93. The molecule has 0 atom stereocenters. The fourth-order valence-electron chi connectivity index (χ4n) is 0.938. The summed E-state index contributed by atoms with van der Waals surface area (Å²) in [5.41, 5.74) is -0.230. The zero-order chi connectivity index (χ0) is 10.7. The lowest BCUT2D eigenvalue weighted by atomic mass is 10.1. The third-order valence-electron chi connectivity index (χ3n) is 1.68. The number of allylic oxidation sites excluding steroid dienone is 1. The highest BCUT2D eigenvalue weighted by Gasteiger charge is 2.15. The molecule has 1 aromatic rings. The monoisotopic (exact) mass is 194 g/mol. The first-order valence-corrected chi connectivity index (χ1v) is 3.99. The zero-order valence-corrected chi connectivity index (χ0v) is 7.74. The van der Waals surface area contributed by atoms with Crippen LogP contribution in [0.2, 0.25) is 0 Å². The van der Waals surface area contributed by atoms with Gasteiger partial charge in [-0.15, -0.1) is 0 Å². The van der Waals surface area contributed by atoms with Crippen molar-refractivity contribution in [3.05, 3.63) is 35.0 Å². The SMILES string of the molecule is C=C(C)C(=O)C(=O)Cn1cc[nH]c1=O. The maximum Gasteiger partial charge on any atom is 0.325 e. The number of aromatic nitrogens is 2. The van der Waals surface area contributed by atoms with Crippen molar-refractivity contribution in [2.75, 3.05) is 0 Å². The van der Waals surface area contributed by atoms with E-state index in [-0.39, 0.29) is 12.1 Å². The van der Waals surface area contributed by atoms with Crippen LogP contribution in [0.1, 0.15) is 6.92 Å². The summed E-state index contributed by atoms with van der Waals surface area (Å²) in [4.78, 5) is 35.7. The van der Waals surface area contributed by atoms with E-state index in [1.54, 1.807) is 0 Å². The van der Waals surface area contributed by atoms with E-state index in [0.717, 1.165) is 4.57 Å². The predicted octanol–water partition coefficient (Wildman–Crippen LogP) is -0.109. The van der Waals surface area contributed by atoms with Gasteiger partial charge in [0.25, 0.3) is 0 Å². The van der Waals surface area contributed by atoms with Crippen LogP contribution in [0.4, 0.5) is 0 Å². The normalized spacial score (nSPS) is 9.79. The van der Waals surface area contributed by atoms with Gasteiger partial charge in [0.15, 0.2) is 0 Å². The van der Waals surface area contributed by atoms with Gasteiger partial charge in [0.1, 0.15) is 0 Å². The van der Waals surface area contributed by atoms with Crippen LogP contribution in [0.15, 0.2) is 29.3 Å². The summed E-state index contributed by atoms with van der Waals surface area (Å²) in [6.45, 7) is 4.58. The molecule has 0 aromatic carbocycles. The van der Waals surface area contributed by atoms with Crippen LogP contribution in [-0.4, -0.2) is 21.1 Å². The largest absolute Gasteiger partial charge is 0.325 e. The molecular weight excluding hydrogens is 184 g/mol. The minimum absolute atomic E-state index is 0.179. The maximum atomic E-state index is 11.2. The van der Waals surface area contributed by atoms with Gasteiger partial charge in [-0.2, -0.15) is 0 Å². The van der Waals surface area contributed by atoms with Gasteiger partial charge in [-0.05, 0) is 12.5 Å². The minimum Gasteiger partial charge on any atom is -0.313 e. The van der Waals surface area contributed by atoms with Crippen LogP contribution in [0.3, 0.4) is 0 Å². The van der Waals surface area contributed by atoms with Crippen LogP contribution in [0.5, 0.6) is 0 Å². The van der Waals surface area contributed by atoms with Crippen molar-refractivity contribution in [1.29, 1.82) is 0 Å². The Morgan fingerprint density at radius 3 is 2.64 bits per heavy atom. The summed E-state index contributed by atoms with van der Waals surface area (Å²) in [5.74, 6) is -1.28. The molecule has 0 saturated carbocycles. The number of hydrogen-bond donors (Lipinski definition) is 1. The summed E-state index contributed by atoms with van der Waals surface area (Å²) < 4.78 is 1.13. The lowest BCUT2D eigenvalue weighted by Crippen LogP contribution is -2.26. The number of carbonyl (C=O) groups excluding carboxylic acids is 2. The van der Waals surface area contributed by atoms with Gasteiger partial charge in [-0.3, -0.25) is 14.2 Å². The number of hydrogen-bond acceptors (Lipinski definition) is 3. The Morgan fingerprint density at radius 2 is 2.21 bits per heavy atom. The van der Waals surface area contributed by atoms with Crippen molar-refractivity contribution >= 4 is 11.6 Å². The van der Waals surface area contributed by atoms with E-state index in [1.165, 1.54) is 19.3 Å². The van der Waals surface area contributed by atoms with Gasteiger partial charge in [0.05, 0.1) is 6.54 Å². The quantitative estimate of drug-likeness (QED) is 0.537. The van der Waals surface area contributed by atoms with Crippen LogP contribution in [0, 0.1) is 0 Å². The second-order valence-electron chi connectivity index (χ2n) is 2.93. The van der Waals surface area contributed by atoms with E-state index >= 15 is 0 Å². The number of rotatable bonds is 4. The Hall–Kier alpha value is -1.91. The number of carbonyl (C=O) groups is 2. The molecule has 0 unspecified atom stereocenters. The van der Waals surface area contributed by atoms with Gasteiger partial charge in [0.2, 0.25) is 11.6 Å². The molecule has 0 amide bonds. The maximum absolute atomic E-state index is 11.2. The van der Waals surface area contributed by atoms with Crippen molar-refractivity contribution in [2.24, 2.45) is 0 Å². The van der Waals surface area contributed by atoms with Crippen molar-refractivity contribution in [3.8, 4) is 0 Å². The van der Waals surface area contributed by atoms with Crippen LogP contribution < -0.4 is 5.69 Å². The number of ketones is 2. The fraction of sp³-hybridized carbons (Fsp3) is 0.222. The third-order valence-corrected chi connectivity index (χ3v) is 1.68. The average molecular weight is 194 g/mol. The molecular formula is C9H10N2O3. The topological polar surface area (TPSA) is 71.9 Å². The summed E-state index contributed by atoms with van der Waals surface area (Å²) >= 11 is 0. The van der Waals surface area contributed by atoms with Gasteiger partial charge < -0.3 is 4.98 Å². The Labute approximate surface area is 80.1 Å². The second kappa shape index (κ2) is 3.87. The Bertz CT molecular complexity index is 439. The van der Waals surface area contributed by atoms with E-state index in [9.17, 15) is 14.4 Å². The number of H-pyrrole nitrogens is 1. The lowest BCUT2D eigenvalue weighted by Gasteiger charge is -1.98. The lowest BCUT2D eigenvalue weighted by molar-refractivity contribution is -0.134. The van der Waals surface area contributed by atoms with E-state index in [2.05, 4.69) is 11.6 Å². The highest BCUT2D eigenvalue weighted by Crippen LogP contribution is 1.93. The molecule has 0 aliphatic carbocycles. The summed E-state index contributed by atoms with van der Waals surface area (Å²) in [6.07, 6.45) is 2.81. The molecule has 0 aliphatic rings. The number of nitrogens with zero attached hydrogens (tertiary/aromatic N) is 1. The highest BCUT2D eigenvalue weighted by atomic mass is 16.2. The van der Waals surface area contributed by atoms with Crippen molar-refractivity contribution in [2.45, 2.75) is 13.5 Å². The summed E-state index contributed by atoms with van der Waals surface area (Å²) in [7, 11) is 0. The standard InChI is InChI=1S/C9H10N2O3/c1-6(2)8(13)7(12)5-11-4-3-10-9(11)14/h3-4H,1,5H2,2H3,(H,10,14). The van der Waals surface area contributed by atoms with Crippen LogP contribution >= 0.6 is 0 Å². The molecule has 1 rings (SSSR count). The smallest absolute Gasteiger partial charge is 0.313 e. The third kappa shape index (κ3) is 2.07. The van der Waals surface area contributed by atoms with Crippen molar-refractivity contribution < 1.29 is 9.59 Å². The van der Waals surface area contributed by atoms with E-state index < -0.39 is 17.3 Å². The number of nitrogens with one attached hydrogen (secondary N) is 1. The number of aromatic amines is 1. The summed E-state index contributed by atoms with van der Waals surface area (Å²) in [6, 6.07) is 0. The molecule has 0 spiro atoms. The molecule has 1 heterocycles. The van der Waals surface area contributed by atoms with Crippen molar-refractivity contribution in [3.63, 3.8) is 0 Å². The molecule has 1 aromatic heterocycles. The molecule has 0 fully saturated rings.